The van der Waals surface area contributed by atoms with Crippen molar-refractivity contribution in [3.05, 3.63) is 69.2 Å². The number of amides is 1. The zero-order valence-corrected chi connectivity index (χ0v) is 16.2. The van der Waals surface area contributed by atoms with Gasteiger partial charge in [0.25, 0.3) is 5.56 Å². The molecule has 0 aliphatic rings. The third-order valence-electron chi connectivity index (χ3n) is 4.02. The van der Waals surface area contributed by atoms with Crippen molar-refractivity contribution in [2.24, 2.45) is 0 Å². The van der Waals surface area contributed by atoms with Gasteiger partial charge in [0.2, 0.25) is 5.91 Å². The number of fused-ring (bicyclic) bond motifs is 1. The summed E-state index contributed by atoms with van der Waals surface area (Å²) in [4.78, 5) is 31.0. The lowest BCUT2D eigenvalue weighted by molar-refractivity contribution is -0.121. The minimum Gasteiger partial charge on any atom is -0.378 e. The molecule has 0 saturated heterocycles. The molecule has 1 amide bonds. The van der Waals surface area contributed by atoms with Crippen molar-refractivity contribution in [2.75, 3.05) is 19.0 Å². The molecule has 1 aromatic heterocycles. The maximum Gasteiger partial charge on any atom is 0.261 e. The largest absolute Gasteiger partial charge is 0.378 e. The van der Waals surface area contributed by atoms with Crippen LogP contribution in [0.3, 0.4) is 0 Å². The second kappa shape index (κ2) is 7.70. The quantitative estimate of drug-likeness (QED) is 0.696. The Morgan fingerprint density at radius 1 is 1.23 bits per heavy atom. The molecule has 2 aromatic carbocycles. The maximum absolute atomic E-state index is 12.5. The Bertz CT molecular complexity index is 1010. The summed E-state index contributed by atoms with van der Waals surface area (Å²) in [5, 5.41) is 3.33. The van der Waals surface area contributed by atoms with Gasteiger partial charge in [-0.15, -0.1) is 0 Å². The monoisotopic (exact) mass is 414 g/mol. The fourth-order valence-electron chi connectivity index (χ4n) is 2.60. The van der Waals surface area contributed by atoms with E-state index in [9.17, 15) is 9.59 Å². The SMILES string of the molecule is CN(C)c1cccc(CNC(=O)Cn2cnc3ccc(Br)cc3c2=O)c1. The predicted octanol–water partition coefficient (Wildman–Crippen LogP) is 2.54. The fraction of sp³-hybridized carbons (Fsp3) is 0.211. The van der Waals surface area contributed by atoms with Crippen LogP contribution in [0.5, 0.6) is 0 Å². The van der Waals surface area contributed by atoms with Crippen molar-refractivity contribution in [2.45, 2.75) is 13.1 Å². The van der Waals surface area contributed by atoms with Gasteiger partial charge in [0.1, 0.15) is 6.54 Å². The first-order chi connectivity index (χ1) is 12.4. The number of nitrogens with one attached hydrogen (secondary N) is 1. The highest BCUT2D eigenvalue weighted by Gasteiger charge is 2.09. The number of nitrogens with zero attached hydrogens (tertiary/aromatic N) is 3. The standard InChI is InChI=1S/C19H19BrN4O2/c1-23(2)15-5-3-4-13(8-15)10-21-18(25)11-24-12-22-17-7-6-14(20)9-16(17)19(24)26/h3-9,12H,10-11H2,1-2H3,(H,21,25). The van der Waals surface area contributed by atoms with E-state index in [4.69, 9.17) is 0 Å². The molecular formula is C19H19BrN4O2. The Morgan fingerprint density at radius 2 is 2.04 bits per heavy atom. The van der Waals surface area contributed by atoms with Crippen LogP contribution in [0, 0.1) is 0 Å². The molecule has 0 aliphatic heterocycles. The molecule has 26 heavy (non-hydrogen) atoms. The van der Waals surface area contributed by atoms with Crippen LogP contribution < -0.4 is 15.8 Å². The summed E-state index contributed by atoms with van der Waals surface area (Å²) >= 11 is 3.35. The first-order valence-corrected chi connectivity index (χ1v) is 8.91. The van der Waals surface area contributed by atoms with Gasteiger partial charge in [0.15, 0.2) is 0 Å². The molecule has 0 fully saturated rings. The van der Waals surface area contributed by atoms with Crippen molar-refractivity contribution in [3.63, 3.8) is 0 Å². The minimum absolute atomic E-state index is 0.0678. The lowest BCUT2D eigenvalue weighted by Crippen LogP contribution is -2.32. The highest BCUT2D eigenvalue weighted by molar-refractivity contribution is 9.10. The van der Waals surface area contributed by atoms with E-state index in [-0.39, 0.29) is 18.0 Å². The lowest BCUT2D eigenvalue weighted by atomic mass is 10.2. The Morgan fingerprint density at radius 3 is 2.81 bits per heavy atom. The van der Waals surface area contributed by atoms with Gasteiger partial charge < -0.3 is 10.2 Å². The lowest BCUT2D eigenvalue weighted by Gasteiger charge is -2.14. The molecule has 0 unspecified atom stereocenters. The van der Waals surface area contributed by atoms with E-state index < -0.39 is 0 Å². The van der Waals surface area contributed by atoms with E-state index in [1.54, 1.807) is 12.1 Å². The number of rotatable bonds is 5. The van der Waals surface area contributed by atoms with Crippen molar-refractivity contribution in [1.82, 2.24) is 14.9 Å². The van der Waals surface area contributed by atoms with E-state index in [1.165, 1.54) is 10.9 Å². The van der Waals surface area contributed by atoms with Gasteiger partial charge in [0, 0.05) is 30.8 Å². The normalized spacial score (nSPS) is 10.7. The zero-order chi connectivity index (χ0) is 18.7. The highest BCUT2D eigenvalue weighted by Crippen LogP contribution is 2.15. The summed E-state index contributed by atoms with van der Waals surface area (Å²) < 4.78 is 2.12. The molecule has 1 N–H and O–H groups in total. The van der Waals surface area contributed by atoms with Crippen LogP contribution in [0.1, 0.15) is 5.56 Å². The molecule has 0 spiro atoms. The number of hydrogen-bond donors (Lipinski definition) is 1. The average Bonchev–Trinajstić information content (AvgIpc) is 2.63. The summed E-state index contributed by atoms with van der Waals surface area (Å²) in [6.07, 6.45) is 1.41. The van der Waals surface area contributed by atoms with Crippen LogP contribution in [0.25, 0.3) is 10.9 Å². The van der Waals surface area contributed by atoms with Gasteiger partial charge in [-0.25, -0.2) is 4.98 Å². The number of halogens is 1. The van der Waals surface area contributed by atoms with Gasteiger partial charge >= 0.3 is 0 Å². The molecule has 1 heterocycles. The number of carbonyl (C=O) groups is 1. The minimum atomic E-state index is -0.237. The second-order valence-corrected chi connectivity index (χ2v) is 7.10. The summed E-state index contributed by atoms with van der Waals surface area (Å²) in [7, 11) is 3.93. The van der Waals surface area contributed by atoms with Gasteiger partial charge in [-0.3, -0.25) is 14.2 Å². The second-order valence-electron chi connectivity index (χ2n) is 6.18. The number of benzene rings is 2. The topological polar surface area (TPSA) is 67.2 Å². The van der Waals surface area contributed by atoms with Crippen LogP contribution >= 0.6 is 15.9 Å². The molecule has 0 aliphatic carbocycles. The van der Waals surface area contributed by atoms with Gasteiger partial charge in [-0.05, 0) is 35.9 Å². The fourth-order valence-corrected chi connectivity index (χ4v) is 2.96. The summed E-state index contributed by atoms with van der Waals surface area (Å²) in [6.45, 7) is 0.337. The number of aromatic nitrogens is 2. The average molecular weight is 415 g/mol. The number of carbonyl (C=O) groups excluding carboxylic acids is 1. The molecular weight excluding hydrogens is 396 g/mol. The van der Waals surface area contributed by atoms with Crippen LogP contribution in [-0.4, -0.2) is 29.6 Å². The van der Waals surface area contributed by atoms with Crippen LogP contribution in [0.2, 0.25) is 0 Å². The first kappa shape index (κ1) is 18.1. The Kier molecular flexibility index (Phi) is 5.37. The van der Waals surface area contributed by atoms with E-state index in [0.717, 1.165) is 15.7 Å². The molecule has 0 bridgehead atoms. The van der Waals surface area contributed by atoms with Crippen LogP contribution in [0.15, 0.2) is 58.1 Å². The smallest absolute Gasteiger partial charge is 0.261 e. The van der Waals surface area contributed by atoms with Crippen molar-refractivity contribution >= 4 is 38.4 Å². The zero-order valence-electron chi connectivity index (χ0n) is 14.6. The van der Waals surface area contributed by atoms with E-state index in [2.05, 4.69) is 26.2 Å². The molecule has 3 rings (SSSR count). The molecule has 134 valence electrons. The van der Waals surface area contributed by atoms with Crippen LogP contribution in [-0.2, 0) is 17.9 Å². The van der Waals surface area contributed by atoms with Crippen molar-refractivity contribution in [1.29, 1.82) is 0 Å². The molecule has 3 aromatic rings. The van der Waals surface area contributed by atoms with Crippen molar-refractivity contribution < 1.29 is 4.79 Å². The predicted molar refractivity (Wildman–Crippen MR) is 106 cm³/mol. The van der Waals surface area contributed by atoms with Crippen molar-refractivity contribution in [3.8, 4) is 0 Å². The Labute approximate surface area is 159 Å². The van der Waals surface area contributed by atoms with Gasteiger partial charge in [-0.1, -0.05) is 28.1 Å². The molecule has 6 nitrogen and oxygen atoms in total. The molecule has 0 atom stereocenters. The van der Waals surface area contributed by atoms with E-state index >= 15 is 0 Å². The molecule has 0 saturated carbocycles. The molecule has 7 heteroatoms. The summed E-state index contributed by atoms with van der Waals surface area (Å²) in [5.41, 5.74) is 2.44. The first-order valence-electron chi connectivity index (χ1n) is 8.12. The molecule has 0 radical (unpaired) electrons. The van der Waals surface area contributed by atoms with Gasteiger partial charge in [0.05, 0.1) is 17.2 Å². The maximum atomic E-state index is 12.5. The summed E-state index contributed by atoms with van der Waals surface area (Å²) in [6, 6.07) is 13.2. The van der Waals surface area contributed by atoms with E-state index in [1.807, 2.05) is 49.3 Å². The van der Waals surface area contributed by atoms with Crippen LogP contribution in [0.4, 0.5) is 5.69 Å². The van der Waals surface area contributed by atoms with Gasteiger partial charge in [-0.2, -0.15) is 0 Å². The Balaban J connectivity index is 1.70. The highest BCUT2D eigenvalue weighted by atomic mass is 79.9. The number of hydrogen-bond acceptors (Lipinski definition) is 4. The summed E-state index contributed by atoms with van der Waals surface area (Å²) in [5.74, 6) is -0.237. The van der Waals surface area contributed by atoms with E-state index in [0.29, 0.717) is 17.4 Å². The third kappa shape index (κ3) is 4.11. The Hall–Kier alpha value is -2.67. The number of anilines is 1. The third-order valence-corrected chi connectivity index (χ3v) is 4.51.